The van der Waals surface area contributed by atoms with E-state index < -0.39 is 55.8 Å². The standard InChI is InChI=1S/C12H32O5Si3.2C4H6O2/c1-8-9-12(15,11(14)10-13)18(16-19(2,3)4)17-20(5,6)7;2*1-3(2)4(5)6/h11,13-15,18H,8-10H2,1-7H3;2*1H2,2H3,(H,5,6). The summed E-state index contributed by atoms with van der Waals surface area (Å²) in [6.07, 6.45) is -0.145. The molecular weight excluding hydrogens is 468 g/mol. The van der Waals surface area contributed by atoms with Crippen LogP contribution < -0.4 is 0 Å². The number of hydrogen-bond donors (Lipinski definition) is 5. The molecular formula is C20H44O9Si3. The summed E-state index contributed by atoms with van der Waals surface area (Å²) in [7, 11) is -6.36. The number of aliphatic carboxylic acids is 2. The van der Waals surface area contributed by atoms with Crippen molar-refractivity contribution in [2.24, 2.45) is 0 Å². The highest BCUT2D eigenvalue weighted by Gasteiger charge is 2.49. The van der Waals surface area contributed by atoms with Crippen molar-refractivity contribution in [1.29, 1.82) is 0 Å². The molecule has 0 amide bonds. The van der Waals surface area contributed by atoms with Crippen LogP contribution in [0.15, 0.2) is 24.3 Å². The fourth-order valence-electron chi connectivity index (χ4n) is 1.87. The second kappa shape index (κ2) is 15.7. The van der Waals surface area contributed by atoms with Crippen molar-refractivity contribution in [1.82, 2.24) is 0 Å². The summed E-state index contributed by atoms with van der Waals surface area (Å²) < 4.78 is 12.2. The Hall–Kier alpha value is -1.13. The van der Waals surface area contributed by atoms with E-state index in [1.54, 1.807) is 0 Å². The molecule has 190 valence electrons. The van der Waals surface area contributed by atoms with Crippen molar-refractivity contribution in [2.45, 2.75) is 84.2 Å². The van der Waals surface area contributed by atoms with E-state index in [0.717, 1.165) is 0 Å². The Bertz CT molecular complexity index is 548. The molecule has 0 aromatic rings. The van der Waals surface area contributed by atoms with Crippen LogP contribution in [0.2, 0.25) is 39.3 Å². The molecule has 9 nitrogen and oxygen atoms in total. The van der Waals surface area contributed by atoms with E-state index in [-0.39, 0.29) is 11.1 Å². The summed E-state index contributed by atoms with van der Waals surface area (Å²) in [5.74, 6) is -1.87. The lowest BCUT2D eigenvalue weighted by atomic mass is 10.1. The van der Waals surface area contributed by atoms with Gasteiger partial charge in [-0.05, 0) is 59.6 Å². The van der Waals surface area contributed by atoms with E-state index in [0.29, 0.717) is 12.8 Å². The molecule has 2 unspecified atom stereocenters. The quantitative estimate of drug-likeness (QED) is 0.207. The first-order chi connectivity index (χ1) is 14.1. The molecule has 0 aromatic carbocycles. The van der Waals surface area contributed by atoms with E-state index in [2.05, 4.69) is 13.2 Å². The Morgan fingerprint density at radius 2 is 1.22 bits per heavy atom. The zero-order valence-electron chi connectivity index (χ0n) is 21.1. The number of carboxylic acids is 2. The fraction of sp³-hybridized carbons (Fsp3) is 0.700. The SMILES string of the molecule is C=C(C)C(=O)O.C=C(C)C(=O)O.CCCC(O)(C(O)CO)[SiH](O[Si](C)(C)C)O[Si](C)(C)C. The lowest BCUT2D eigenvalue weighted by Gasteiger charge is -2.42. The number of carboxylic acid groups (broad SMARTS) is 2. The Morgan fingerprint density at radius 1 is 0.938 bits per heavy atom. The van der Waals surface area contributed by atoms with E-state index >= 15 is 0 Å². The normalized spacial score (nSPS) is 14.2. The first-order valence-corrected chi connectivity index (χ1v) is 18.6. The first-order valence-electron chi connectivity index (χ1n) is 10.3. The summed E-state index contributed by atoms with van der Waals surface area (Å²) in [6.45, 7) is 22.9. The molecule has 32 heavy (non-hydrogen) atoms. The van der Waals surface area contributed by atoms with Gasteiger partial charge in [-0.25, -0.2) is 9.59 Å². The molecule has 0 aliphatic carbocycles. The largest absolute Gasteiger partial charge is 0.478 e. The molecule has 0 saturated carbocycles. The van der Waals surface area contributed by atoms with Gasteiger partial charge < -0.3 is 33.8 Å². The number of aliphatic hydroxyl groups excluding tert-OH is 2. The molecule has 2 atom stereocenters. The summed E-state index contributed by atoms with van der Waals surface area (Å²) in [5.41, 5.74) is 0.352. The van der Waals surface area contributed by atoms with Crippen LogP contribution in [-0.2, 0) is 17.8 Å². The molecule has 12 heteroatoms. The second-order valence-corrected chi connectivity index (χ2v) is 21.4. The van der Waals surface area contributed by atoms with E-state index in [1.807, 2.05) is 46.2 Å². The molecule has 0 saturated heterocycles. The fourth-order valence-corrected chi connectivity index (χ4v) is 10.2. The maximum atomic E-state index is 10.9. The molecule has 0 fully saturated rings. The van der Waals surface area contributed by atoms with Crippen molar-refractivity contribution < 1.29 is 43.4 Å². The molecule has 5 N–H and O–H groups in total. The predicted molar refractivity (Wildman–Crippen MR) is 134 cm³/mol. The molecule has 0 spiro atoms. The Morgan fingerprint density at radius 3 is 1.38 bits per heavy atom. The molecule has 0 aliphatic heterocycles. The maximum Gasteiger partial charge on any atom is 0.336 e. The van der Waals surface area contributed by atoms with E-state index in [9.17, 15) is 24.9 Å². The lowest BCUT2D eigenvalue weighted by molar-refractivity contribution is -0.133. The van der Waals surface area contributed by atoms with Gasteiger partial charge in [0.15, 0.2) is 16.6 Å². The predicted octanol–water partition coefficient (Wildman–Crippen LogP) is 2.63. The van der Waals surface area contributed by atoms with Crippen LogP contribution in [0.1, 0.15) is 33.6 Å². The van der Waals surface area contributed by atoms with E-state index in [4.69, 9.17) is 18.4 Å². The number of rotatable bonds is 11. The zero-order valence-corrected chi connectivity index (χ0v) is 24.2. The average molecular weight is 513 g/mol. The molecule has 0 aliphatic rings. The van der Waals surface area contributed by atoms with Gasteiger partial charge in [0.05, 0.1) is 6.61 Å². The van der Waals surface area contributed by atoms with Crippen LogP contribution in [0.4, 0.5) is 0 Å². The summed E-state index contributed by atoms with van der Waals surface area (Å²) in [6, 6.07) is 0. The summed E-state index contributed by atoms with van der Waals surface area (Å²) >= 11 is 0. The van der Waals surface area contributed by atoms with Crippen molar-refractivity contribution in [3.8, 4) is 0 Å². The minimum absolute atomic E-state index is 0.176. The highest BCUT2D eigenvalue weighted by atomic mass is 28.4. The van der Waals surface area contributed by atoms with Crippen LogP contribution in [0, 0.1) is 0 Å². The van der Waals surface area contributed by atoms with Crippen molar-refractivity contribution in [3.63, 3.8) is 0 Å². The van der Waals surface area contributed by atoms with Crippen LogP contribution in [0.3, 0.4) is 0 Å². The third-order valence-electron chi connectivity index (χ3n) is 3.46. The minimum atomic E-state index is -2.54. The van der Waals surface area contributed by atoms with E-state index in [1.165, 1.54) is 13.8 Å². The van der Waals surface area contributed by atoms with Gasteiger partial charge in [0, 0.05) is 11.1 Å². The van der Waals surface area contributed by atoms with Crippen molar-refractivity contribution >= 4 is 37.9 Å². The van der Waals surface area contributed by atoms with Gasteiger partial charge in [-0.3, -0.25) is 0 Å². The van der Waals surface area contributed by atoms with Gasteiger partial charge in [-0.15, -0.1) is 0 Å². The number of carbonyl (C=O) groups is 2. The highest BCUT2D eigenvalue weighted by molar-refractivity contribution is 6.81. The van der Waals surface area contributed by atoms with Crippen molar-refractivity contribution in [2.75, 3.05) is 6.61 Å². The van der Waals surface area contributed by atoms with Gasteiger partial charge in [-0.2, -0.15) is 0 Å². The minimum Gasteiger partial charge on any atom is -0.478 e. The monoisotopic (exact) mass is 512 g/mol. The molecule has 0 bridgehead atoms. The van der Waals surface area contributed by atoms with Gasteiger partial charge >= 0.3 is 21.2 Å². The Kier molecular flexibility index (Phi) is 17.4. The molecule has 0 heterocycles. The first kappa shape index (κ1) is 35.5. The van der Waals surface area contributed by atoms with Crippen LogP contribution in [0.5, 0.6) is 0 Å². The van der Waals surface area contributed by atoms with Gasteiger partial charge in [0.25, 0.3) is 0 Å². The van der Waals surface area contributed by atoms with Crippen LogP contribution >= 0.6 is 0 Å². The molecule has 0 rings (SSSR count). The summed E-state index contributed by atoms with van der Waals surface area (Å²) in [4.78, 5) is 19.2. The maximum absolute atomic E-state index is 10.9. The Labute approximate surface area is 196 Å². The van der Waals surface area contributed by atoms with Gasteiger partial charge in [-0.1, -0.05) is 26.5 Å². The summed E-state index contributed by atoms with van der Waals surface area (Å²) in [5, 5.41) is 44.6. The average Bonchev–Trinajstić information content (AvgIpc) is 2.58. The van der Waals surface area contributed by atoms with Crippen LogP contribution in [0.25, 0.3) is 0 Å². The highest BCUT2D eigenvalue weighted by Crippen LogP contribution is 2.27. The van der Waals surface area contributed by atoms with Crippen molar-refractivity contribution in [3.05, 3.63) is 24.3 Å². The number of aliphatic hydroxyl groups is 3. The third-order valence-corrected chi connectivity index (χ3v) is 12.3. The van der Waals surface area contributed by atoms with Crippen LogP contribution in [-0.4, -0.2) is 81.3 Å². The third kappa shape index (κ3) is 18.4. The number of hydrogen-bond acceptors (Lipinski definition) is 7. The smallest absolute Gasteiger partial charge is 0.336 e. The topological polar surface area (TPSA) is 154 Å². The molecule has 0 aromatic heterocycles. The lowest BCUT2D eigenvalue weighted by Crippen LogP contribution is -2.63. The second-order valence-electron chi connectivity index (χ2n) is 9.40. The van der Waals surface area contributed by atoms with Gasteiger partial charge in [0.1, 0.15) is 11.3 Å². The Balaban J connectivity index is -0.000000571. The van der Waals surface area contributed by atoms with Gasteiger partial charge in [0.2, 0.25) is 0 Å². The zero-order chi connectivity index (χ0) is 26.5. The molecule has 0 radical (unpaired) electrons.